The lowest BCUT2D eigenvalue weighted by Gasteiger charge is -2.25. The summed E-state index contributed by atoms with van der Waals surface area (Å²) in [4.78, 5) is 28.2. The average Bonchev–Trinajstić information content (AvgIpc) is 2.83. The van der Waals surface area contributed by atoms with Crippen LogP contribution in [0.1, 0.15) is 60.4 Å². The number of nitrogens with one attached hydrogen (secondary N) is 1. The number of aromatic nitrogens is 1. The quantitative estimate of drug-likeness (QED) is 0.257. The van der Waals surface area contributed by atoms with Crippen LogP contribution in [0.15, 0.2) is 0 Å². The highest BCUT2D eigenvalue weighted by atomic mass is 35.5. The summed E-state index contributed by atoms with van der Waals surface area (Å²) in [6.45, 7) is 15.7. The number of carbonyl (C=O) groups excluding carboxylic acids is 2. The Labute approximate surface area is 220 Å². The fourth-order valence-electron chi connectivity index (χ4n) is 4.52. The molecule has 0 saturated heterocycles. The van der Waals surface area contributed by atoms with Gasteiger partial charge in [-0.1, -0.05) is 23.2 Å². The normalized spacial score (nSPS) is 14.4. The minimum Gasteiger partial charge on any atom is -0.324 e. The number of Topliss-reactive ketones (excluding diaryl/α,β-unsaturated/α-hetero) is 1. The number of carbonyl (C=O) groups is 2. The average molecular weight is 521 g/mol. The Morgan fingerprint density at radius 2 is 1.31 bits per heavy atom. The molecule has 1 aromatic heterocycles. The third-order valence-electron chi connectivity index (χ3n) is 7.46. The molecule has 0 saturated carbocycles. The Hall–Kier alpha value is -3.45. The Morgan fingerprint density at radius 1 is 0.778 bits per heavy atom. The summed E-state index contributed by atoms with van der Waals surface area (Å²) in [7, 11) is 0. The van der Waals surface area contributed by atoms with Crippen molar-refractivity contribution in [3.8, 4) is 12.1 Å². The summed E-state index contributed by atoms with van der Waals surface area (Å²) in [6.07, 6.45) is 0. The van der Waals surface area contributed by atoms with Crippen molar-refractivity contribution >= 4 is 51.5 Å². The van der Waals surface area contributed by atoms with E-state index in [0.717, 1.165) is 44.3 Å². The maximum atomic E-state index is 12.2. The number of benzene rings is 2. The zero-order valence-electron chi connectivity index (χ0n) is 21.5. The smallest absolute Gasteiger partial charge is 0.249 e. The molecule has 3 aromatic rings. The molecule has 184 valence electrons. The Balaban J connectivity index is 0.000000201. The monoisotopic (exact) mass is 520 g/mol. The van der Waals surface area contributed by atoms with Crippen molar-refractivity contribution in [3.63, 3.8) is 0 Å². The zero-order chi connectivity index (χ0) is 27.2. The SMILES string of the molecule is Cc1c(C)c(C)c2c(Cl)c(C#N)c(Cl)nc2c1C.Cc1c(C)c(C)c2c(c1C)NC(=O)C(C#N)C2=O. The van der Waals surface area contributed by atoms with Gasteiger partial charge in [0.1, 0.15) is 16.8 Å². The number of ketones is 1. The number of pyridine rings is 1. The van der Waals surface area contributed by atoms with Crippen LogP contribution in [0.5, 0.6) is 0 Å². The third-order valence-corrected chi connectivity index (χ3v) is 8.11. The van der Waals surface area contributed by atoms with Gasteiger partial charge in [0.15, 0.2) is 11.7 Å². The summed E-state index contributed by atoms with van der Waals surface area (Å²) in [5.41, 5.74) is 10.4. The molecule has 36 heavy (non-hydrogen) atoms. The van der Waals surface area contributed by atoms with Crippen molar-refractivity contribution in [2.24, 2.45) is 5.92 Å². The molecule has 0 fully saturated rings. The van der Waals surface area contributed by atoms with E-state index in [9.17, 15) is 9.59 Å². The summed E-state index contributed by atoms with van der Waals surface area (Å²) >= 11 is 12.3. The van der Waals surface area contributed by atoms with Gasteiger partial charge in [0, 0.05) is 10.9 Å². The first-order valence-electron chi connectivity index (χ1n) is 11.3. The van der Waals surface area contributed by atoms with Crippen LogP contribution in [-0.4, -0.2) is 16.7 Å². The number of hydrogen-bond donors (Lipinski definition) is 1. The fourth-order valence-corrected chi connectivity index (χ4v) is 5.15. The van der Waals surface area contributed by atoms with Crippen LogP contribution in [0.4, 0.5) is 5.69 Å². The molecular formula is C28H26Cl2N4O2. The van der Waals surface area contributed by atoms with Crippen molar-refractivity contribution < 1.29 is 9.59 Å². The van der Waals surface area contributed by atoms with Crippen molar-refractivity contribution in [2.75, 3.05) is 5.32 Å². The van der Waals surface area contributed by atoms with E-state index in [1.54, 1.807) is 6.07 Å². The second kappa shape index (κ2) is 9.90. The molecule has 1 atom stereocenters. The number of aryl methyl sites for hydroxylation is 2. The van der Waals surface area contributed by atoms with E-state index in [2.05, 4.69) is 17.2 Å². The molecule has 1 unspecified atom stereocenters. The maximum Gasteiger partial charge on any atom is 0.249 e. The highest BCUT2D eigenvalue weighted by Crippen LogP contribution is 2.37. The van der Waals surface area contributed by atoms with Gasteiger partial charge in [-0.15, -0.1) is 0 Å². The number of rotatable bonds is 0. The Morgan fingerprint density at radius 3 is 1.86 bits per heavy atom. The van der Waals surface area contributed by atoms with E-state index < -0.39 is 11.8 Å². The zero-order valence-corrected chi connectivity index (χ0v) is 23.0. The predicted octanol–water partition coefficient (Wildman–Crippen LogP) is 6.84. The summed E-state index contributed by atoms with van der Waals surface area (Å²) < 4.78 is 0. The molecule has 1 aliphatic heterocycles. The molecule has 6 nitrogen and oxygen atoms in total. The van der Waals surface area contributed by atoms with E-state index in [-0.39, 0.29) is 16.5 Å². The van der Waals surface area contributed by atoms with Crippen LogP contribution in [0, 0.1) is 84.0 Å². The van der Waals surface area contributed by atoms with Gasteiger partial charge >= 0.3 is 0 Å². The van der Waals surface area contributed by atoms with Crippen molar-refractivity contribution in [2.45, 2.75) is 55.4 Å². The predicted molar refractivity (Wildman–Crippen MR) is 143 cm³/mol. The van der Waals surface area contributed by atoms with Crippen LogP contribution in [0.3, 0.4) is 0 Å². The van der Waals surface area contributed by atoms with Crippen LogP contribution in [0.2, 0.25) is 10.2 Å². The van der Waals surface area contributed by atoms with Crippen LogP contribution in [-0.2, 0) is 4.79 Å². The van der Waals surface area contributed by atoms with Crippen molar-refractivity contribution in [1.29, 1.82) is 10.5 Å². The third kappa shape index (κ3) is 4.11. The topological polar surface area (TPSA) is 107 Å². The van der Waals surface area contributed by atoms with Crippen LogP contribution < -0.4 is 5.32 Å². The second-order valence-electron chi connectivity index (χ2n) is 9.09. The molecule has 8 heteroatoms. The van der Waals surface area contributed by atoms with Gasteiger partial charge in [0.05, 0.1) is 22.3 Å². The molecule has 0 aliphatic carbocycles. The first-order valence-corrected chi connectivity index (χ1v) is 12.1. The highest BCUT2D eigenvalue weighted by molar-refractivity contribution is 6.40. The molecule has 1 N–H and O–H groups in total. The lowest BCUT2D eigenvalue weighted by Crippen LogP contribution is -2.35. The lowest BCUT2D eigenvalue weighted by molar-refractivity contribution is -0.117. The van der Waals surface area contributed by atoms with Crippen molar-refractivity contribution in [3.05, 3.63) is 65.8 Å². The number of nitriles is 2. The van der Waals surface area contributed by atoms with Crippen molar-refractivity contribution in [1.82, 2.24) is 4.98 Å². The minimum absolute atomic E-state index is 0.167. The highest BCUT2D eigenvalue weighted by Gasteiger charge is 2.37. The summed E-state index contributed by atoms with van der Waals surface area (Å²) in [5, 5.41) is 22.1. The van der Waals surface area contributed by atoms with E-state index in [1.807, 2.05) is 54.5 Å². The number of halogens is 2. The lowest BCUT2D eigenvalue weighted by atomic mass is 9.84. The maximum absolute atomic E-state index is 12.2. The van der Waals surface area contributed by atoms with E-state index in [0.29, 0.717) is 16.3 Å². The number of anilines is 1. The van der Waals surface area contributed by atoms with Crippen LogP contribution in [0.25, 0.3) is 10.9 Å². The summed E-state index contributed by atoms with van der Waals surface area (Å²) in [5.74, 6) is -2.14. The van der Waals surface area contributed by atoms with Gasteiger partial charge < -0.3 is 5.32 Å². The molecule has 1 amide bonds. The number of hydrogen-bond acceptors (Lipinski definition) is 5. The molecule has 4 rings (SSSR count). The Kier molecular flexibility index (Phi) is 7.46. The van der Waals surface area contributed by atoms with Gasteiger partial charge in [-0.2, -0.15) is 10.5 Å². The standard InChI is InChI=1S/C14H12Cl2N2.C14H14N2O2/c1-6-7(2)9(4)13-11(8(6)3)12(15)10(5-17)14(16)18-13;1-6-7(2)9(4)12-11(8(6)3)13(17)10(5-15)14(18)16-12/h1-4H3;10H,1-4H3,(H,16,18). The molecule has 2 heterocycles. The van der Waals surface area contributed by atoms with Gasteiger partial charge in [0.25, 0.3) is 0 Å². The molecule has 1 aliphatic rings. The second-order valence-corrected chi connectivity index (χ2v) is 9.83. The van der Waals surface area contributed by atoms with E-state index >= 15 is 0 Å². The largest absolute Gasteiger partial charge is 0.324 e. The van der Waals surface area contributed by atoms with Gasteiger partial charge in [-0.05, 0) is 99.9 Å². The molecular weight excluding hydrogens is 495 g/mol. The summed E-state index contributed by atoms with van der Waals surface area (Å²) in [6, 6.07) is 3.77. The first kappa shape index (κ1) is 27.1. The van der Waals surface area contributed by atoms with E-state index in [4.69, 9.17) is 33.7 Å². The molecule has 0 spiro atoms. The molecule has 0 radical (unpaired) electrons. The molecule has 0 bridgehead atoms. The van der Waals surface area contributed by atoms with Gasteiger partial charge in [-0.25, -0.2) is 4.98 Å². The fraction of sp³-hybridized carbons (Fsp3) is 0.321. The first-order chi connectivity index (χ1) is 16.8. The van der Waals surface area contributed by atoms with Crippen LogP contribution >= 0.6 is 23.2 Å². The van der Waals surface area contributed by atoms with Gasteiger partial charge in [0.2, 0.25) is 5.91 Å². The number of amides is 1. The molecule has 2 aromatic carbocycles. The van der Waals surface area contributed by atoms with Gasteiger partial charge in [-0.3, -0.25) is 9.59 Å². The number of fused-ring (bicyclic) bond motifs is 2. The van der Waals surface area contributed by atoms with E-state index in [1.165, 1.54) is 11.1 Å². The Bertz CT molecular complexity index is 1580. The minimum atomic E-state index is -1.22. The number of nitrogens with zero attached hydrogens (tertiary/aromatic N) is 3.